The van der Waals surface area contributed by atoms with E-state index in [1.54, 1.807) is 30.3 Å². The monoisotopic (exact) mass is 296 g/mol. The number of carbonyl (C=O) groups excluding carboxylic acids is 1. The smallest absolute Gasteiger partial charge is 0.252 e. The number of amides is 1. The van der Waals surface area contributed by atoms with Crippen molar-refractivity contribution in [3.05, 3.63) is 40.8 Å². The van der Waals surface area contributed by atoms with Crippen molar-refractivity contribution in [2.75, 3.05) is 6.54 Å². The molecule has 0 fully saturated rings. The van der Waals surface area contributed by atoms with Crippen LogP contribution in [0.15, 0.2) is 35.2 Å². The van der Waals surface area contributed by atoms with Crippen LogP contribution in [0.5, 0.6) is 0 Å². The first-order valence-electron chi connectivity index (χ1n) is 6.45. The van der Waals surface area contributed by atoms with Crippen LogP contribution in [0.2, 0.25) is 0 Å². The van der Waals surface area contributed by atoms with Gasteiger partial charge in [0.1, 0.15) is 0 Å². The van der Waals surface area contributed by atoms with Gasteiger partial charge in [-0.05, 0) is 18.9 Å². The summed E-state index contributed by atoms with van der Waals surface area (Å²) in [5.41, 5.74) is 0.636. The van der Waals surface area contributed by atoms with E-state index >= 15 is 0 Å². The van der Waals surface area contributed by atoms with E-state index in [1.807, 2.05) is 6.92 Å². The molecule has 0 aliphatic carbocycles. The third-order valence-corrected chi connectivity index (χ3v) is 3.94. The number of carbonyl (C=O) groups is 1. The SMILES string of the molecule is CCCCNC(=O)/C(=C(\C)S(N)(=O)=O)c1ccccc1. The van der Waals surface area contributed by atoms with Crippen LogP contribution in [0.1, 0.15) is 32.3 Å². The summed E-state index contributed by atoms with van der Waals surface area (Å²) in [7, 11) is -3.91. The Bertz CT molecular complexity index is 592. The summed E-state index contributed by atoms with van der Waals surface area (Å²) < 4.78 is 23.0. The molecule has 0 unspecified atom stereocenters. The normalized spacial score (nSPS) is 12.8. The lowest BCUT2D eigenvalue weighted by molar-refractivity contribution is -0.115. The second kappa shape index (κ2) is 7.21. The molecule has 1 rings (SSSR count). The molecule has 6 heteroatoms. The molecule has 0 aliphatic heterocycles. The molecule has 1 aromatic carbocycles. The lowest BCUT2D eigenvalue weighted by Crippen LogP contribution is -2.28. The number of nitrogens with two attached hydrogens (primary N) is 1. The van der Waals surface area contributed by atoms with Crippen LogP contribution in [-0.4, -0.2) is 20.9 Å². The van der Waals surface area contributed by atoms with Crippen LogP contribution in [0.3, 0.4) is 0 Å². The molecular formula is C14H20N2O3S. The van der Waals surface area contributed by atoms with Gasteiger partial charge >= 0.3 is 0 Å². The van der Waals surface area contributed by atoms with Gasteiger partial charge in [-0.2, -0.15) is 0 Å². The van der Waals surface area contributed by atoms with Crippen LogP contribution in [-0.2, 0) is 14.8 Å². The first-order chi connectivity index (χ1) is 9.38. The highest BCUT2D eigenvalue weighted by molar-refractivity contribution is 7.93. The Morgan fingerprint density at radius 1 is 1.25 bits per heavy atom. The maximum absolute atomic E-state index is 12.2. The van der Waals surface area contributed by atoms with E-state index in [1.165, 1.54) is 6.92 Å². The fourth-order valence-electron chi connectivity index (χ4n) is 1.71. The predicted molar refractivity (Wildman–Crippen MR) is 80.1 cm³/mol. The zero-order chi connectivity index (χ0) is 15.2. The van der Waals surface area contributed by atoms with Crippen molar-refractivity contribution >= 4 is 21.5 Å². The molecule has 0 radical (unpaired) electrons. The van der Waals surface area contributed by atoms with Gasteiger partial charge in [-0.1, -0.05) is 43.7 Å². The van der Waals surface area contributed by atoms with E-state index in [0.29, 0.717) is 12.1 Å². The number of allylic oxidation sites excluding steroid dienone is 1. The van der Waals surface area contributed by atoms with Gasteiger partial charge in [0.15, 0.2) is 0 Å². The summed E-state index contributed by atoms with van der Waals surface area (Å²) in [5, 5.41) is 7.86. The highest BCUT2D eigenvalue weighted by atomic mass is 32.2. The van der Waals surface area contributed by atoms with Crippen molar-refractivity contribution in [3.8, 4) is 0 Å². The van der Waals surface area contributed by atoms with E-state index in [9.17, 15) is 13.2 Å². The molecule has 3 N–H and O–H groups in total. The Hall–Kier alpha value is -1.66. The Kier molecular flexibility index (Phi) is 5.91. The molecule has 0 saturated carbocycles. The Labute approximate surface area is 119 Å². The molecule has 0 aromatic heterocycles. The van der Waals surface area contributed by atoms with Crippen molar-refractivity contribution in [2.24, 2.45) is 5.14 Å². The minimum absolute atomic E-state index is 0.101. The summed E-state index contributed by atoms with van der Waals surface area (Å²) in [5.74, 6) is -0.420. The maximum atomic E-state index is 12.2. The summed E-state index contributed by atoms with van der Waals surface area (Å²) >= 11 is 0. The molecule has 0 aliphatic rings. The van der Waals surface area contributed by atoms with Gasteiger partial charge < -0.3 is 5.32 Å². The summed E-state index contributed by atoms with van der Waals surface area (Å²) in [6.07, 6.45) is 1.78. The minimum atomic E-state index is -3.91. The van der Waals surface area contributed by atoms with Crippen molar-refractivity contribution < 1.29 is 13.2 Å². The number of primary sulfonamides is 1. The minimum Gasteiger partial charge on any atom is -0.352 e. The van der Waals surface area contributed by atoms with Crippen LogP contribution < -0.4 is 10.5 Å². The fraction of sp³-hybridized carbons (Fsp3) is 0.357. The second-order valence-corrected chi connectivity index (χ2v) is 6.15. The average Bonchev–Trinajstić information content (AvgIpc) is 2.39. The first-order valence-corrected chi connectivity index (χ1v) is 7.99. The summed E-state index contributed by atoms with van der Waals surface area (Å²) in [6, 6.07) is 8.64. The number of hydrogen-bond acceptors (Lipinski definition) is 3. The van der Waals surface area contributed by atoms with Crippen LogP contribution in [0.25, 0.3) is 5.57 Å². The molecule has 1 amide bonds. The van der Waals surface area contributed by atoms with E-state index in [-0.39, 0.29) is 10.5 Å². The van der Waals surface area contributed by atoms with Gasteiger partial charge in [0.05, 0.1) is 10.5 Å². The van der Waals surface area contributed by atoms with Gasteiger partial charge in [-0.25, -0.2) is 13.6 Å². The first kappa shape index (κ1) is 16.4. The molecule has 1 aromatic rings. The maximum Gasteiger partial charge on any atom is 0.252 e. The summed E-state index contributed by atoms with van der Waals surface area (Å²) in [4.78, 5) is 12.1. The Morgan fingerprint density at radius 3 is 2.35 bits per heavy atom. The van der Waals surface area contributed by atoms with Crippen LogP contribution in [0, 0.1) is 0 Å². The second-order valence-electron chi connectivity index (χ2n) is 4.45. The quantitative estimate of drug-likeness (QED) is 0.617. The molecule has 0 saturated heterocycles. The Balaban J connectivity index is 3.20. The van der Waals surface area contributed by atoms with Gasteiger partial charge in [-0.3, -0.25) is 4.79 Å². The number of unbranched alkanes of at least 4 members (excludes halogenated alkanes) is 1. The topological polar surface area (TPSA) is 89.3 Å². The number of sulfonamides is 1. The van der Waals surface area contributed by atoms with E-state index in [4.69, 9.17) is 5.14 Å². The largest absolute Gasteiger partial charge is 0.352 e. The molecule has 0 heterocycles. The third-order valence-electron chi connectivity index (χ3n) is 2.88. The van der Waals surface area contributed by atoms with Gasteiger partial charge in [-0.15, -0.1) is 0 Å². The van der Waals surface area contributed by atoms with E-state index in [0.717, 1.165) is 12.8 Å². The van der Waals surface area contributed by atoms with Gasteiger partial charge in [0, 0.05) is 6.54 Å². The predicted octanol–water partition coefficient (Wildman–Crippen LogP) is 1.62. The zero-order valence-corrected chi connectivity index (χ0v) is 12.5. The van der Waals surface area contributed by atoms with E-state index in [2.05, 4.69) is 5.32 Å². The number of benzene rings is 1. The lowest BCUT2D eigenvalue weighted by Gasteiger charge is -2.12. The number of hydrogen-bond donors (Lipinski definition) is 2. The standard InChI is InChI=1S/C14H20N2O3S/c1-3-4-10-16-14(17)13(11(2)20(15,18)19)12-8-6-5-7-9-12/h5-9H,3-4,10H2,1-2H3,(H,16,17)(H2,15,18,19)/b13-11+. The van der Waals surface area contributed by atoms with Crippen molar-refractivity contribution in [3.63, 3.8) is 0 Å². The lowest BCUT2D eigenvalue weighted by atomic mass is 10.1. The van der Waals surface area contributed by atoms with Crippen molar-refractivity contribution in [1.29, 1.82) is 0 Å². The molecule has 0 spiro atoms. The Morgan fingerprint density at radius 2 is 1.85 bits per heavy atom. The van der Waals surface area contributed by atoms with Crippen molar-refractivity contribution in [2.45, 2.75) is 26.7 Å². The number of rotatable bonds is 6. The van der Waals surface area contributed by atoms with Crippen LogP contribution >= 0.6 is 0 Å². The highest BCUT2D eigenvalue weighted by Gasteiger charge is 2.20. The molecule has 5 nitrogen and oxygen atoms in total. The molecule has 0 atom stereocenters. The molecular weight excluding hydrogens is 276 g/mol. The average molecular weight is 296 g/mol. The van der Waals surface area contributed by atoms with Gasteiger partial charge in [0.2, 0.25) is 10.0 Å². The fourth-order valence-corrected chi connectivity index (χ4v) is 2.20. The molecule has 0 bridgehead atoms. The third kappa shape index (κ3) is 4.47. The van der Waals surface area contributed by atoms with Crippen molar-refractivity contribution in [1.82, 2.24) is 5.32 Å². The van der Waals surface area contributed by atoms with E-state index < -0.39 is 15.9 Å². The summed E-state index contributed by atoms with van der Waals surface area (Å²) in [6.45, 7) is 3.86. The molecule has 110 valence electrons. The molecule has 20 heavy (non-hydrogen) atoms. The number of nitrogens with one attached hydrogen (secondary N) is 1. The van der Waals surface area contributed by atoms with Gasteiger partial charge in [0.25, 0.3) is 5.91 Å². The van der Waals surface area contributed by atoms with Crippen LogP contribution in [0.4, 0.5) is 0 Å². The zero-order valence-electron chi connectivity index (χ0n) is 11.7. The highest BCUT2D eigenvalue weighted by Crippen LogP contribution is 2.21.